The Bertz CT molecular complexity index is 558. The molecule has 0 aromatic carbocycles. The molecule has 0 saturated carbocycles. The molecule has 3 heterocycles. The van der Waals surface area contributed by atoms with Crippen molar-refractivity contribution in [2.45, 2.75) is 5.16 Å². The van der Waals surface area contributed by atoms with Crippen LogP contribution < -0.4 is 5.69 Å². The standard InChI is InChI=1S/C6H3N5O2S/c12-2-1-14-6-9-3-4(10-11(2)6)8-5(13)7-3/h1H2,(H,8,10,13). The minimum atomic E-state index is -0.498. The number of aromatic amines is 1. The van der Waals surface area contributed by atoms with Crippen LogP contribution in [0.2, 0.25) is 0 Å². The van der Waals surface area contributed by atoms with Gasteiger partial charge in [0.25, 0.3) is 5.91 Å². The second kappa shape index (κ2) is 2.41. The van der Waals surface area contributed by atoms with E-state index in [0.29, 0.717) is 10.9 Å². The zero-order valence-corrected chi connectivity index (χ0v) is 7.54. The molecular formula is C6H3N5O2S. The summed E-state index contributed by atoms with van der Waals surface area (Å²) in [5.74, 6) is 0.691. The van der Waals surface area contributed by atoms with Crippen molar-refractivity contribution < 1.29 is 4.79 Å². The molecule has 0 saturated heterocycles. The maximum atomic E-state index is 11.2. The Morgan fingerprint density at radius 2 is 2.21 bits per heavy atom. The predicted octanol–water partition coefficient (Wildman–Crippen LogP) is -0.788. The van der Waals surface area contributed by atoms with Gasteiger partial charge in [-0.2, -0.15) is 14.6 Å². The van der Waals surface area contributed by atoms with Gasteiger partial charge in [-0.25, -0.2) is 4.79 Å². The van der Waals surface area contributed by atoms with E-state index in [1.807, 2.05) is 0 Å². The third kappa shape index (κ3) is 0.909. The van der Waals surface area contributed by atoms with Crippen LogP contribution in [0.1, 0.15) is 4.79 Å². The van der Waals surface area contributed by atoms with E-state index in [0.717, 1.165) is 0 Å². The first kappa shape index (κ1) is 7.68. The highest BCUT2D eigenvalue weighted by atomic mass is 32.2. The van der Waals surface area contributed by atoms with Crippen molar-refractivity contribution in [3.8, 4) is 11.6 Å². The van der Waals surface area contributed by atoms with Gasteiger partial charge < -0.3 is 0 Å². The van der Waals surface area contributed by atoms with Crippen molar-refractivity contribution >= 4 is 17.7 Å². The quantitative estimate of drug-likeness (QED) is 0.611. The number of carbonyl (C=O) groups is 1. The van der Waals surface area contributed by atoms with Crippen LogP contribution in [0.25, 0.3) is 11.6 Å². The van der Waals surface area contributed by atoms with E-state index < -0.39 is 5.69 Å². The van der Waals surface area contributed by atoms with Crippen molar-refractivity contribution in [1.82, 2.24) is 24.7 Å². The van der Waals surface area contributed by atoms with Gasteiger partial charge in [0.05, 0.1) is 5.75 Å². The van der Waals surface area contributed by atoms with Gasteiger partial charge in [-0.15, -0.1) is 5.10 Å². The number of thioether (sulfide) groups is 1. The number of fused-ring (bicyclic) bond motifs is 2. The number of H-pyrrole nitrogens is 1. The number of nitrogens with one attached hydrogen (secondary N) is 1. The van der Waals surface area contributed by atoms with E-state index >= 15 is 0 Å². The Kier molecular flexibility index (Phi) is 1.32. The molecule has 0 radical (unpaired) electrons. The number of carbonyl (C=O) groups excluding carboxylic acids is 1. The summed E-state index contributed by atoms with van der Waals surface area (Å²) in [6.45, 7) is 0. The van der Waals surface area contributed by atoms with Crippen LogP contribution in [0.5, 0.6) is 0 Å². The van der Waals surface area contributed by atoms with Crippen LogP contribution >= 0.6 is 11.8 Å². The van der Waals surface area contributed by atoms with Gasteiger partial charge in [-0.3, -0.25) is 9.78 Å². The van der Waals surface area contributed by atoms with Crippen LogP contribution in [0.15, 0.2) is 9.95 Å². The molecule has 14 heavy (non-hydrogen) atoms. The summed E-state index contributed by atoms with van der Waals surface area (Å²) in [6, 6.07) is 0. The Labute approximate surface area is 80.9 Å². The number of hydrogen-bond acceptors (Lipinski definition) is 6. The predicted molar refractivity (Wildman–Crippen MR) is 46.4 cm³/mol. The van der Waals surface area contributed by atoms with E-state index in [4.69, 9.17) is 0 Å². The van der Waals surface area contributed by atoms with Crippen molar-refractivity contribution in [3.63, 3.8) is 0 Å². The fourth-order valence-electron chi connectivity index (χ4n) is 1.21. The number of hydrogen-bond donors (Lipinski definition) is 1. The summed E-state index contributed by atoms with van der Waals surface area (Å²) >= 11 is 1.28. The number of imidazole rings is 1. The fraction of sp³-hybridized carbons (Fsp3) is 0.167. The lowest BCUT2D eigenvalue weighted by Crippen LogP contribution is -2.14. The van der Waals surface area contributed by atoms with Gasteiger partial charge in [-0.05, 0) is 0 Å². The monoisotopic (exact) mass is 209 g/mol. The molecule has 3 aliphatic heterocycles. The lowest BCUT2D eigenvalue weighted by atomic mass is 10.6. The molecule has 7 nitrogen and oxygen atoms in total. The molecule has 3 aliphatic rings. The minimum Gasteiger partial charge on any atom is -0.286 e. The molecule has 70 valence electrons. The first-order valence-corrected chi connectivity index (χ1v) is 4.76. The molecule has 0 aromatic rings. The number of nitrogens with zero attached hydrogens (tertiary/aromatic N) is 4. The smallest absolute Gasteiger partial charge is 0.286 e. The maximum absolute atomic E-state index is 11.2. The third-order valence-corrected chi connectivity index (χ3v) is 2.70. The van der Waals surface area contributed by atoms with E-state index in [1.165, 1.54) is 16.4 Å². The summed E-state index contributed by atoms with van der Waals surface area (Å²) < 4.78 is 1.19. The average Bonchev–Trinajstić information content (AvgIpc) is 2.66. The number of aromatic nitrogens is 5. The van der Waals surface area contributed by atoms with Crippen LogP contribution in [0.4, 0.5) is 0 Å². The molecule has 8 heteroatoms. The Morgan fingerprint density at radius 3 is 3.07 bits per heavy atom. The average molecular weight is 209 g/mol. The van der Waals surface area contributed by atoms with E-state index in [1.54, 1.807) is 0 Å². The van der Waals surface area contributed by atoms with Gasteiger partial charge in [0.2, 0.25) is 11.6 Å². The largest absolute Gasteiger partial charge is 0.348 e. The van der Waals surface area contributed by atoms with Gasteiger partial charge in [0.1, 0.15) is 0 Å². The van der Waals surface area contributed by atoms with E-state index in [-0.39, 0.29) is 17.6 Å². The van der Waals surface area contributed by atoms with Crippen molar-refractivity contribution in [3.05, 3.63) is 10.5 Å². The lowest BCUT2D eigenvalue weighted by Gasteiger charge is -2.00. The topological polar surface area (TPSA) is 93.5 Å². The molecule has 0 spiro atoms. The maximum Gasteiger partial charge on any atom is 0.348 e. The highest BCUT2D eigenvalue weighted by molar-refractivity contribution is 8.00. The summed E-state index contributed by atoms with van der Waals surface area (Å²) in [6.07, 6.45) is 0. The summed E-state index contributed by atoms with van der Waals surface area (Å²) in [5.41, 5.74) is -0.498. The van der Waals surface area contributed by atoms with Crippen molar-refractivity contribution in [1.29, 1.82) is 0 Å². The Hall–Kier alpha value is -1.70. The zero-order chi connectivity index (χ0) is 9.71. The van der Waals surface area contributed by atoms with Crippen molar-refractivity contribution in [2.24, 2.45) is 0 Å². The molecular weight excluding hydrogens is 206 g/mol. The van der Waals surface area contributed by atoms with Gasteiger partial charge in [-0.1, -0.05) is 11.8 Å². The van der Waals surface area contributed by atoms with Crippen LogP contribution in [-0.4, -0.2) is 36.4 Å². The first-order chi connectivity index (χ1) is 6.74. The Balaban J connectivity index is 2.38. The normalized spacial score (nSPS) is 15.0. The molecule has 0 atom stereocenters. The molecule has 0 aliphatic carbocycles. The lowest BCUT2D eigenvalue weighted by molar-refractivity contribution is 0.0919. The molecule has 0 bridgehead atoms. The van der Waals surface area contributed by atoms with Gasteiger partial charge in [0, 0.05) is 0 Å². The summed E-state index contributed by atoms with van der Waals surface area (Å²) in [7, 11) is 0. The summed E-state index contributed by atoms with van der Waals surface area (Å²) in [4.78, 5) is 32.1. The van der Waals surface area contributed by atoms with Crippen molar-refractivity contribution in [2.75, 3.05) is 5.75 Å². The van der Waals surface area contributed by atoms with Crippen LogP contribution in [-0.2, 0) is 0 Å². The van der Waals surface area contributed by atoms with Gasteiger partial charge >= 0.3 is 5.69 Å². The molecule has 3 rings (SSSR count). The van der Waals surface area contributed by atoms with Crippen LogP contribution in [0.3, 0.4) is 0 Å². The molecule has 0 aromatic heterocycles. The molecule has 0 amide bonds. The van der Waals surface area contributed by atoms with Crippen LogP contribution in [0, 0.1) is 0 Å². The zero-order valence-electron chi connectivity index (χ0n) is 6.72. The second-order valence-electron chi connectivity index (χ2n) is 2.70. The molecule has 0 unspecified atom stereocenters. The highest BCUT2D eigenvalue weighted by Gasteiger charge is 2.25. The second-order valence-corrected chi connectivity index (χ2v) is 3.65. The third-order valence-electron chi connectivity index (χ3n) is 1.79. The van der Waals surface area contributed by atoms with Gasteiger partial charge in [0.15, 0.2) is 5.16 Å². The first-order valence-electron chi connectivity index (χ1n) is 3.77. The molecule has 0 fully saturated rings. The molecule has 1 N–H and O–H groups in total. The SMILES string of the molecule is O=C1CSc2nc3nc(=O)[nH]c-3nn21. The number of rotatable bonds is 0. The highest BCUT2D eigenvalue weighted by Crippen LogP contribution is 2.24. The fourth-order valence-corrected chi connectivity index (χ4v) is 2.00. The van der Waals surface area contributed by atoms with E-state index in [2.05, 4.69) is 20.1 Å². The Morgan fingerprint density at radius 1 is 1.36 bits per heavy atom. The van der Waals surface area contributed by atoms with E-state index in [9.17, 15) is 9.59 Å². The summed E-state index contributed by atoms with van der Waals surface area (Å²) in [5, 5.41) is 4.40. The minimum absolute atomic E-state index is 0.138.